The lowest BCUT2D eigenvalue weighted by Gasteiger charge is -2.49. The molecule has 0 bridgehead atoms. The van der Waals surface area contributed by atoms with Crippen molar-refractivity contribution in [3.05, 3.63) is 200 Å². The van der Waals surface area contributed by atoms with Crippen LogP contribution in [0.3, 0.4) is 0 Å². The summed E-state index contributed by atoms with van der Waals surface area (Å²) in [5, 5.41) is 8.90. The molecule has 3 amide bonds. The van der Waals surface area contributed by atoms with E-state index in [1.807, 2.05) is 152 Å². The average molecular weight is 987 g/mol. The molecule has 0 spiro atoms. The number of aromatic nitrogens is 1. The quantitative estimate of drug-likeness (QED) is 0.0351. The zero-order chi connectivity index (χ0) is 48.0. The van der Waals surface area contributed by atoms with Gasteiger partial charge in [-0.05, 0) is 31.9 Å². The number of β-lactam (4-membered cyclic amide) rings is 1. The molecule has 13 nitrogen and oxygen atoms in total. The number of nitrogens with one attached hydrogen (secondary N) is 2. The monoisotopic (exact) mass is 985 g/mol. The number of rotatable bonds is 14. The minimum Gasteiger partial charge on any atom is -0.448 e. The highest BCUT2D eigenvalue weighted by Crippen LogP contribution is 2.45. The summed E-state index contributed by atoms with van der Waals surface area (Å²) >= 11 is 9.82. The molecule has 0 radical (unpaired) electrons. The van der Waals surface area contributed by atoms with Gasteiger partial charge in [0.1, 0.15) is 32.7 Å². The lowest BCUT2D eigenvalue weighted by atomic mass is 9.80. The minimum atomic E-state index is -1.44. The van der Waals surface area contributed by atoms with Crippen LogP contribution in [-0.4, -0.2) is 67.4 Å². The van der Waals surface area contributed by atoms with E-state index in [4.69, 9.17) is 25.9 Å². The third kappa shape index (κ3) is 10.4. The Morgan fingerprint density at radius 1 is 0.794 bits per heavy atom. The number of ether oxygens (including phenoxy) is 2. The van der Waals surface area contributed by atoms with E-state index in [9.17, 15) is 24.0 Å². The maximum atomic E-state index is 14.9. The molecule has 1 aromatic heterocycles. The predicted octanol–water partition coefficient (Wildman–Crippen LogP) is 10.1. The van der Waals surface area contributed by atoms with Crippen molar-refractivity contribution in [1.82, 2.24) is 15.2 Å². The van der Waals surface area contributed by atoms with Gasteiger partial charge in [0.05, 0.1) is 0 Å². The zero-order valence-corrected chi connectivity index (χ0v) is 40.3. The Hall–Kier alpha value is -6.72. The molecule has 1 fully saturated rings. The normalized spacial score (nSPS) is 16.1. The molecule has 2 unspecified atom stereocenters. The lowest BCUT2D eigenvalue weighted by molar-refractivity contribution is -0.154. The molecule has 2 aliphatic rings. The third-order valence-electron chi connectivity index (χ3n) is 10.6. The van der Waals surface area contributed by atoms with Crippen LogP contribution in [0.15, 0.2) is 167 Å². The second kappa shape index (κ2) is 20.7. The van der Waals surface area contributed by atoms with Gasteiger partial charge in [-0.3, -0.25) is 24.6 Å². The lowest BCUT2D eigenvalue weighted by Crippen LogP contribution is -2.71. The van der Waals surface area contributed by atoms with E-state index in [-0.39, 0.29) is 31.7 Å². The Morgan fingerprint density at radius 3 is 1.78 bits per heavy atom. The fraction of sp³-hybridized carbons (Fsp3) is 0.196. The number of benzene rings is 5. The summed E-state index contributed by atoms with van der Waals surface area (Å²) in [6.07, 6.45) is -1.64. The number of anilines is 1. The number of carbonyl (C=O) groups excluding carboxylic acids is 5. The molecule has 2 aliphatic heterocycles. The first-order valence-corrected chi connectivity index (χ1v) is 24.4. The number of hydrogen-bond donors (Lipinski definition) is 2. The Morgan fingerprint density at radius 2 is 1.29 bits per heavy atom. The zero-order valence-electron chi connectivity index (χ0n) is 37.1. The number of thiazole rings is 1. The van der Waals surface area contributed by atoms with Gasteiger partial charge in [-0.1, -0.05) is 192 Å². The van der Waals surface area contributed by atoms with Crippen molar-refractivity contribution < 1.29 is 38.3 Å². The fourth-order valence-electron chi connectivity index (χ4n) is 7.66. The number of oxime groups is 1. The maximum absolute atomic E-state index is 14.9. The topological polar surface area (TPSA) is 166 Å². The van der Waals surface area contributed by atoms with Crippen molar-refractivity contribution in [1.29, 1.82) is 0 Å². The first-order chi connectivity index (χ1) is 32.7. The molecule has 17 heteroatoms. The second-order valence-corrected chi connectivity index (χ2v) is 20.4. The van der Waals surface area contributed by atoms with Crippen LogP contribution in [0, 0.1) is 0 Å². The highest BCUT2D eigenvalue weighted by molar-refractivity contribution is 8.17. The number of esters is 1. The molecule has 5 aromatic carbocycles. The van der Waals surface area contributed by atoms with Crippen molar-refractivity contribution in [3.8, 4) is 0 Å². The molecule has 0 aliphatic carbocycles. The van der Waals surface area contributed by atoms with Crippen molar-refractivity contribution in [2.75, 3.05) is 11.1 Å². The van der Waals surface area contributed by atoms with Gasteiger partial charge in [0, 0.05) is 34.3 Å². The molecule has 0 saturated carbocycles. The number of halogens is 1. The van der Waals surface area contributed by atoms with E-state index in [0.717, 1.165) is 23.1 Å². The summed E-state index contributed by atoms with van der Waals surface area (Å²) in [4.78, 5) is 82.0. The van der Waals surface area contributed by atoms with Gasteiger partial charge in [0.2, 0.25) is 5.60 Å². The first-order valence-electron chi connectivity index (χ1n) is 21.3. The molecule has 6 aromatic rings. The summed E-state index contributed by atoms with van der Waals surface area (Å²) in [5.41, 5.74) is 0.495. The molecule has 68 heavy (non-hydrogen) atoms. The van der Waals surface area contributed by atoms with Gasteiger partial charge in [-0.2, -0.15) is 0 Å². The van der Waals surface area contributed by atoms with Crippen LogP contribution in [0.4, 0.5) is 9.93 Å². The molecular weight excluding hydrogens is 942 g/mol. The SMILES string of the molecule is CC(=O)SC1=C(C(=O)OC(c2ccccc2)c2ccccc2)N2C(=O)C(NC(=O)C(=NOC(c3ccccc3)(c3ccccc3)c3ccccc3)c3nc(NC(=O)OC(C)(C)C)sc3Cl)C2SC1. The van der Waals surface area contributed by atoms with Gasteiger partial charge >= 0.3 is 12.1 Å². The number of hydrogen-bond acceptors (Lipinski definition) is 13. The van der Waals surface area contributed by atoms with Crippen LogP contribution in [0.25, 0.3) is 0 Å². The molecule has 2 atom stereocenters. The summed E-state index contributed by atoms with van der Waals surface area (Å²) < 4.78 is 11.6. The van der Waals surface area contributed by atoms with Crippen LogP contribution >= 0.6 is 46.5 Å². The molecule has 8 rings (SSSR count). The van der Waals surface area contributed by atoms with Crippen molar-refractivity contribution in [3.63, 3.8) is 0 Å². The molecule has 2 N–H and O–H groups in total. The average Bonchev–Trinajstić information content (AvgIpc) is 3.69. The number of fused-ring (bicyclic) bond motifs is 1. The van der Waals surface area contributed by atoms with Gasteiger partial charge in [-0.25, -0.2) is 14.6 Å². The summed E-state index contributed by atoms with van der Waals surface area (Å²) in [6, 6.07) is 45.3. The summed E-state index contributed by atoms with van der Waals surface area (Å²) in [5.74, 6) is -2.19. The van der Waals surface area contributed by atoms with Crippen LogP contribution in [0.5, 0.6) is 0 Å². The number of carbonyl (C=O) groups is 5. The van der Waals surface area contributed by atoms with E-state index < -0.39 is 58.3 Å². The van der Waals surface area contributed by atoms with E-state index in [1.54, 1.807) is 20.8 Å². The van der Waals surface area contributed by atoms with E-state index in [2.05, 4.69) is 20.8 Å². The van der Waals surface area contributed by atoms with E-state index in [1.165, 1.54) is 23.6 Å². The Bertz CT molecular complexity index is 2740. The van der Waals surface area contributed by atoms with Crippen LogP contribution < -0.4 is 10.6 Å². The number of nitrogens with zero attached hydrogens (tertiary/aromatic N) is 3. The molecule has 1 saturated heterocycles. The van der Waals surface area contributed by atoms with Crippen molar-refractivity contribution in [2.45, 2.75) is 56.4 Å². The van der Waals surface area contributed by atoms with Gasteiger partial charge in [-0.15, -0.1) is 11.8 Å². The van der Waals surface area contributed by atoms with Gasteiger partial charge in [0.15, 0.2) is 22.1 Å². The largest absolute Gasteiger partial charge is 0.448 e. The molecular formula is C51H44ClN5O8S3. The Balaban J connectivity index is 1.16. The van der Waals surface area contributed by atoms with E-state index in [0.29, 0.717) is 32.7 Å². The van der Waals surface area contributed by atoms with E-state index >= 15 is 0 Å². The van der Waals surface area contributed by atoms with Crippen molar-refractivity contribution >= 4 is 86.3 Å². The predicted molar refractivity (Wildman–Crippen MR) is 265 cm³/mol. The van der Waals surface area contributed by atoms with Gasteiger partial charge in [0.25, 0.3) is 11.8 Å². The minimum absolute atomic E-state index is 0.00187. The first kappa shape index (κ1) is 47.8. The summed E-state index contributed by atoms with van der Waals surface area (Å²) in [6.45, 7) is 6.50. The number of amides is 3. The smallest absolute Gasteiger partial charge is 0.413 e. The third-order valence-corrected chi connectivity index (χ3v) is 14.1. The van der Waals surface area contributed by atoms with Crippen LogP contribution in [0.1, 0.15) is 67.3 Å². The Kier molecular flexibility index (Phi) is 14.5. The van der Waals surface area contributed by atoms with Crippen LogP contribution in [-0.2, 0) is 39.1 Å². The van der Waals surface area contributed by atoms with Gasteiger partial charge < -0.3 is 19.6 Å². The number of thioether (sulfide) groups is 2. The van der Waals surface area contributed by atoms with Crippen LogP contribution in [0.2, 0.25) is 4.34 Å². The standard InChI is InChI=1S/C51H44ClN5O8S3/c1-31(58)67-37-30-66-46-40(45(60)57(46)41(37)47(61)63-42(32-20-10-5-11-21-32)33-22-12-6-13-23-33)53-44(59)39(38-43(52)68-48(54-38)55-49(62)64-50(2,3)4)56-65-51(34-24-14-7-15-25-34,35-26-16-8-17-27-35)36-28-18-9-19-29-36/h5-29,40,42,46H,30H2,1-4H3,(H,53,59)(H,54,55,62). The maximum Gasteiger partial charge on any atom is 0.413 e. The van der Waals surface area contributed by atoms with Crippen molar-refractivity contribution in [2.24, 2.45) is 5.16 Å². The Labute approximate surface area is 410 Å². The summed E-state index contributed by atoms with van der Waals surface area (Å²) in [7, 11) is 0. The molecule has 3 heterocycles. The highest BCUT2D eigenvalue weighted by atomic mass is 35.5. The second-order valence-electron chi connectivity index (χ2n) is 16.4. The highest BCUT2D eigenvalue weighted by Gasteiger charge is 2.55. The fourth-order valence-corrected chi connectivity index (χ4v) is 11.0. The molecule has 346 valence electrons.